The second-order valence-electron chi connectivity index (χ2n) is 5.83. The molecule has 0 saturated carbocycles. The van der Waals surface area contributed by atoms with E-state index in [9.17, 15) is 4.79 Å². The molecule has 1 unspecified atom stereocenters. The van der Waals surface area contributed by atoms with Crippen LogP contribution in [0.5, 0.6) is 5.75 Å². The zero-order valence-electron chi connectivity index (χ0n) is 13.0. The van der Waals surface area contributed by atoms with E-state index in [1.807, 2.05) is 13.0 Å². The Labute approximate surface area is 131 Å². The summed E-state index contributed by atoms with van der Waals surface area (Å²) in [5.74, 6) is 0.624. The first-order chi connectivity index (χ1) is 10.0. The molecule has 4 nitrogen and oxygen atoms in total. The fraction of sp³-hybridized carbons (Fsp3) is 0.562. The van der Waals surface area contributed by atoms with Crippen LogP contribution < -0.4 is 15.0 Å². The number of nitrogens with one attached hydrogen (secondary N) is 2. The fourth-order valence-corrected chi connectivity index (χ4v) is 3.00. The van der Waals surface area contributed by atoms with Gasteiger partial charge in [0, 0.05) is 11.1 Å². The lowest BCUT2D eigenvalue weighted by atomic mass is 10.0. The normalized spacial score (nSPS) is 21.9. The maximum atomic E-state index is 12.3. The van der Waals surface area contributed by atoms with Crippen LogP contribution in [0.1, 0.15) is 31.7 Å². The first kappa shape index (κ1) is 16.1. The number of carbonyl (C=O) groups excluding carboxylic acids is 1. The first-order valence-electron chi connectivity index (χ1n) is 7.50. The molecule has 2 rings (SSSR count). The molecule has 1 heterocycles. The van der Waals surface area contributed by atoms with E-state index < -0.39 is 0 Å². The molecule has 1 aromatic carbocycles. The molecule has 2 atom stereocenters. The number of piperidine rings is 1. The van der Waals surface area contributed by atoms with Crippen LogP contribution in [0.4, 0.5) is 5.69 Å². The van der Waals surface area contributed by atoms with E-state index >= 15 is 0 Å². The third kappa shape index (κ3) is 4.11. The minimum atomic E-state index is 0.0266. The number of aryl methyl sites for hydroxylation is 1. The Balaban J connectivity index is 2.03. The average Bonchev–Trinajstić information content (AvgIpc) is 2.45. The lowest BCUT2D eigenvalue weighted by molar-refractivity contribution is -0.920. The second-order valence-corrected chi connectivity index (χ2v) is 6.24. The molecular weight excluding hydrogens is 288 g/mol. The SMILES string of the molecule is COc1cc(Cl)c(C)cc1NC(=O)C[NH+]1CCCC[C@@H]1C. The van der Waals surface area contributed by atoms with Crippen LogP contribution in [-0.4, -0.2) is 32.1 Å². The molecule has 2 N–H and O–H groups in total. The van der Waals surface area contributed by atoms with E-state index in [0.717, 1.165) is 12.1 Å². The largest absolute Gasteiger partial charge is 0.495 e. The highest BCUT2D eigenvalue weighted by Gasteiger charge is 2.24. The molecule has 1 aliphatic heterocycles. The van der Waals surface area contributed by atoms with Crippen LogP contribution in [-0.2, 0) is 4.79 Å². The summed E-state index contributed by atoms with van der Waals surface area (Å²) >= 11 is 6.08. The zero-order chi connectivity index (χ0) is 15.4. The molecule has 1 aliphatic rings. The second kappa shape index (κ2) is 7.14. The number of rotatable bonds is 4. The summed E-state index contributed by atoms with van der Waals surface area (Å²) in [6, 6.07) is 4.15. The predicted octanol–water partition coefficient (Wildman–Crippen LogP) is 2.05. The molecule has 0 aliphatic carbocycles. The van der Waals surface area contributed by atoms with Crippen molar-refractivity contribution < 1.29 is 14.4 Å². The fourth-order valence-electron chi connectivity index (χ4n) is 2.85. The number of ether oxygens (including phenoxy) is 1. The highest BCUT2D eigenvalue weighted by molar-refractivity contribution is 6.31. The van der Waals surface area contributed by atoms with E-state index in [4.69, 9.17) is 16.3 Å². The summed E-state index contributed by atoms with van der Waals surface area (Å²) in [6.45, 7) is 5.71. The summed E-state index contributed by atoms with van der Waals surface area (Å²) < 4.78 is 5.29. The Morgan fingerprint density at radius 2 is 2.24 bits per heavy atom. The Morgan fingerprint density at radius 3 is 2.90 bits per heavy atom. The number of carbonyl (C=O) groups is 1. The highest BCUT2D eigenvalue weighted by atomic mass is 35.5. The van der Waals surface area contributed by atoms with E-state index in [1.165, 1.54) is 24.2 Å². The van der Waals surface area contributed by atoms with Gasteiger partial charge in [-0.15, -0.1) is 0 Å². The van der Waals surface area contributed by atoms with E-state index in [-0.39, 0.29) is 5.91 Å². The monoisotopic (exact) mass is 311 g/mol. The number of methoxy groups -OCH3 is 1. The molecular formula is C16H24ClN2O2+. The van der Waals surface area contributed by atoms with Crippen molar-refractivity contribution in [3.63, 3.8) is 0 Å². The lowest BCUT2D eigenvalue weighted by Crippen LogP contribution is -3.17. The molecule has 0 radical (unpaired) electrons. The minimum Gasteiger partial charge on any atom is -0.495 e. The molecule has 1 amide bonds. The smallest absolute Gasteiger partial charge is 0.279 e. The Kier molecular flexibility index (Phi) is 5.48. The first-order valence-corrected chi connectivity index (χ1v) is 7.87. The van der Waals surface area contributed by atoms with Gasteiger partial charge in [0.1, 0.15) is 5.75 Å². The number of anilines is 1. The van der Waals surface area contributed by atoms with Crippen molar-refractivity contribution in [1.29, 1.82) is 0 Å². The molecule has 0 aromatic heterocycles. The van der Waals surface area contributed by atoms with Gasteiger partial charge in [0.15, 0.2) is 6.54 Å². The van der Waals surface area contributed by atoms with Gasteiger partial charge in [-0.2, -0.15) is 0 Å². The molecule has 1 fully saturated rings. The minimum absolute atomic E-state index is 0.0266. The molecule has 0 spiro atoms. The molecule has 1 saturated heterocycles. The summed E-state index contributed by atoms with van der Waals surface area (Å²) in [6.07, 6.45) is 3.68. The van der Waals surface area contributed by atoms with Crippen molar-refractivity contribution in [2.45, 2.75) is 39.2 Å². The van der Waals surface area contributed by atoms with Gasteiger partial charge in [-0.05, 0) is 44.7 Å². The Hall–Kier alpha value is -1.26. The molecule has 5 heteroatoms. The van der Waals surface area contributed by atoms with Crippen molar-refractivity contribution in [2.75, 3.05) is 25.5 Å². The standard InChI is InChI=1S/C16H23ClN2O2/c1-11-8-14(15(21-3)9-13(11)17)18-16(20)10-19-7-5-4-6-12(19)2/h8-9,12H,4-7,10H2,1-3H3,(H,18,20)/p+1/t12-/m0/s1. The number of quaternary nitrogens is 1. The summed E-state index contributed by atoms with van der Waals surface area (Å²) in [7, 11) is 1.58. The lowest BCUT2D eigenvalue weighted by Gasteiger charge is -2.29. The molecule has 1 aromatic rings. The number of likely N-dealkylation sites (tertiary alicyclic amines) is 1. The van der Waals surface area contributed by atoms with Gasteiger partial charge in [-0.25, -0.2) is 0 Å². The van der Waals surface area contributed by atoms with E-state index in [0.29, 0.717) is 29.0 Å². The third-order valence-corrected chi connectivity index (χ3v) is 4.63. The molecule has 0 bridgehead atoms. The maximum absolute atomic E-state index is 12.3. The van der Waals surface area contributed by atoms with Crippen molar-refractivity contribution in [2.24, 2.45) is 0 Å². The number of amides is 1. The third-order valence-electron chi connectivity index (χ3n) is 4.22. The van der Waals surface area contributed by atoms with E-state index in [2.05, 4.69) is 12.2 Å². The summed E-state index contributed by atoms with van der Waals surface area (Å²) in [4.78, 5) is 13.6. The topological polar surface area (TPSA) is 42.8 Å². The maximum Gasteiger partial charge on any atom is 0.279 e. The van der Waals surface area contributed by atoms with Crippen LogP contribution in [0.15, 0.2) is 12.1 Å². The highest BCUT2D eigenvalue weighted by Crippen LogP contribution is 2.30. The van der Waals surface area contributed by atoms with Crippen molar-refractivity contribution in [1.82, 2.24) is 0 Å². The van der Waals surface area contributed by atoms with Gasteiger partial charge < -0.3 is 15.0 Å². The Bertz CT molecular complexity index is 519. The van der Waals surface area contributed by atoms with Crippen LogP contribution in [0.3, 0.4) is 0 Å². The summed E-state index contributed by atoms with van der Waals surface area (Å²) in [5.41, 5.74) is 1.61. The van der Waals surface area contributed by atoms with Gasteiger partial charge in [-0.3, -0.25) is 4.79 Å². The number of hydrogen-bond donors (Lipinski definition) is 2. The van der Waals surface area contributed by atoms with Crippen LogP contribution in [0.2, 0.25) is 5.02 Å². The van der Waals surface area contributed by atoms with Crippen LogP contribution in [0.25, 0.3) is 0 Å². The number of halogens is 1. The number of benzene rings is 1. The summed E-state index contributed by atoms with van der Waals surface area (Å²) in [5, 5.41) is 3.59. The van der Waals surface area contributed by atoms with Crippen LogP contribution >= 0.6 is 11.6 Å². The number of hydrogen-bond acceptors (Lipinski definition) is 2. The van der Waals surface area contributed by atoms with Gasteiger partial charge in [0.2, 0.25) is 0 Å². The van der Waals surface area contributed by atoms with Gasteiger partial charge in [0.25, 0.3) is 5.91 Å². The average molecular weight is 312 g/mol. The van der Waals surface area contributed by atoms with Crippen molar-refractivity contribution >= 4 is 23.2 Å². The van der Waals surface area contributed by atoms with Gasteiger partial charge >= 0.3 is 0 Å². The molecule has 21 heavy (non-hydrogen) atoms. The van der Waals surface area contributed by atoms with Crippen LogP contribution in [0, 0.1) is 6.92 Å². The van der Waals surface area contributed by atoms with Crippen molar-refractivity contribution in [3.05, 3.63) is 22.7 Å². The van der Waals surface area contributed by atoms with E-state index in [1.54, 1.807) is 13.2 Å². The predicted molar refractivity (Wildman–Crippen MR) is 85.4 cm³/mol. The van der Waals surface area contributed by atoms with Gasteiger partial charge in [0.05, 0.1) is 25.4 Å². The molecule has 116 valence electrons. The quantitative estimate of drug-likeness (QED) is 0.894. The van der Waals surface area contributed by atoms with Gasteiger partial charge in [-0.1, -0.05) is 11.6 Å². The zero-order valence-corrected chi connectivity index (χ0v) is 13.7. The Morgan fingerprint density at radius 1 is 1.48 bits per heavy atom. The van der Waals surface area contributed by atoms with Crippen molar-refractivity contribution in [3.8, 4) is 5.75 Å².